The summed E-state index contributed by atoms with van der Waals surface area (Å²) in [6.07, 6.45) is 0.985. The number of anilines is 1. The van der Waals surface area contributed by atoms with Gasteiger partial charge in [0.2, 0.25) is 0 Å². The van der Waals surface area contributed by atoms with Crippen molar-refractivity contribution in [2.75, 3.05) is 25.1 Å². The van der Waals surface area contributed by atoms with Gasteiger partial charge in [0.15, 0.2) is 0 Å². The first-order valence-electron chi connectivity index (χ1n) is 6.96. The van der Waals surface area contributed by atoms with Crippen LogP contribution in [0.15, 0.2) is 54.6 Å². The predicted molar refractivity (Wildman–Crippen MR) is 84.2 cm³/mol. The van der Waals surface area contributed by atoms with Crippen molar-refractivity contribution in [3.8, 4) is 5.75 Å². The van der Waals surface area contributed by atoms with Crippen LogP contribution in [0, 0.1) is 0 Å². The van der Waals surface area contributed by atoms with Gasteiger partial charge < -0.3 is 15.4 Å². The monoisotopic (exact) mass is 270 g/mol. The van der Waals surface area contributed by atoms with Gasteiger partial charge in [0, 0.05) is 18.8 Å². The average Bonchev–Trinajstić information content (AvgIpc) is 2.52. The Morgan fingerprint density at radius 1 is 1.00 bits per heavy atom. The van der Waals surface area contributed by atoms with Gasteiger partial charge in [0.25, 0.3) is 0 Å². The van der Waals surface area contributed by atoms with Crippen LogP contribution in [0.3, 0.4) is 0 Å². The normalized spacial score (nSPS) is 10.3. The first-order valence-corrected chi connectivity index (χ1v) is 6.96. The van der Waals surface area contributed by atoms with Gasteiger partial charge >= 0.3 is 0 Å². The molecule has 0 atom stereocenters. The van der Waals surface area contributed by atoms with Crippen LogP contribution in [-0.2, 0) is 6.54 Å². The zero-order chi connectivity index (χ0) is 14.2. The third-order valence-electron chi connectivity index (χ3n) is 3.29. The lowest BCUT2D eigenvalue weighted by atomic mass is 10.2. The van der Waals surface area contributed by atoms with Crippen molar-refractivity contribution in [2.45, 2.75) is 13.0 Å². The van der Waals surface area contributed by atoms with Crippen molar-refractivity contribution in [1.29, 1.82) is 0 Å². The van der Waals surface area contributed by atoms with Crippen LogP contribution >= 0.6 is 0 Å². The number of hydrogen-bond acceptors (Lipinski definition) is 3. The maximum absolute atomic E-state index is 5.65. The molecule has 0 amide bonds. The highest BCUT2D eigenvalue weighted by molar-refractivity contribution is 5.49. The Kier molecular flexibility index (Phi) is 5.44. The molecule has 20 heavy (non-hydrogen) atoms. The van der Waals surface area contributed by atoms with Gasteiger partial charge in [-0.3, -0.25) is 0 Å². The molecule has 0 bridgehead atoms. The highest BCUT2D eigenvalue weighted by Gasteiger charge is 2.07. The fourth-order valence-electron chi connectivity index (χ4n) is 2.18. The molecule has 0 spiro atoms. The van der Waals surface area contributed by atoms with E-state index in [2.05, 4.69) is 41.3 Å². The summed E-state index contributed by atoms with van der Waals surface area (Å²) in [5.74, 6) is 0.882. The quantitative estimate of drug-likeness (QED) is 0.840. The second-order valence-electron chi connectivity index (χ2n) is 4.75. The molecular formula is C17H22N2O. The summed E-state index contributed by atoms with van der Waals surface area (Å²) >= 11 is 0. The summed E-state index contributed by atoms with van der Waals surface area (Å²) in [4.78, 5) is 2.35. The van der Waals surface area contributed by atoms with Gasteiger partial charge in [-0.25, -0.2) is 0 Å². The molecule has 3 heteroatoms. The third-order valence-corrected chi connectivity index (χ3v) is 3.29. The van der Waals surface area contributed by atoms with Gasteiger partial charge in [0.05, 0.1) is 7.11 Å². The average molecular weight is 270 g/mol. The zero-order valence-electron chi connectivity index (χ0n) is 12.0. The van der Waals surface area contributed by atoms with Gasteiger partial charge in [-0.1, -0.05) is 30.3 Å². The number of nitrogens with zero attached hydrogens (tertiary/aromatic N) is 1. The second kappa shape index (κ2) is 7.56. The van der Waals surface area contributed by atoms with Gasteiger partial charge in [-0.2, -0.15) is 0 Å². The van der Waals surface area contributed by atoms with E-state index in [0.717, 1.165) is 25.3 Å². The molecule has 2 N–H and O–H groups in total. The molecule has 2 rings (SSSR count). The molecular weight excluding hydrogens is 248 g/mol. The lowest BCUT2D eigenvalue weighted by Crippen LogP contribution is -2.25. The fraction of sp³-hybridized carbons (Fsp3) is 0.294. The number of hydrogen-bond donors (Lipinski definition) is 1. The van der Waals surface area contributed by atoms with Crippen LogP contribution in [-0.4, -0.2) is 20.2 Å². The van der Waals surface area contributed by atoms with Crippen LogP contribution in [0.1, 0.15) is 12.0 Å². The first-order chi connectivity index (χ1) is 9.83. The summed E-state index contributed by atoms with van der Waals surface area (Å²) in [5, 5.41) is 0. The van der Waals surface area contributed by atoms with Gasteiger partial charge in [-0.15, -0.1) is 0 Å². The van der Waals surface area contributed by atoms with Crippen LogP contribution < -0.4 is 15.4 Å². The van der Waals surface area contributed by atoms with E-state index in [1.807, 2.05) is 18.2 Å². The van der Waals surface area contributed by atoms with Crippen molar-refractivity contribution in [2.24, 2.45) is 5.73 Å². The Hall–Kier alpha value is -2.00. The van der Waals surface area contributed by atoms with Crippen molar-refractivity contribution in [3.05, 3.63) is 60.2 Å². The van der Waals surface area contributed by atoms with Crippen LogP contribution in [0.2, 0.25) is 0 Å². The minimum Gasteiger partial charge on any atom is -0.497 e. The summed E-state index contributed by atoms with van der Waals surface area (Å²) in [6, 6.07) is 18.7. The summed E-state index contributed by atoms with van der Waals surface area (Å²) < 4.78 is 5.21. The SMILES string of the molecule is COc1ccc(N(CCCN)Cc2ccccc2)cc1. The van der Waals surface area contributed by atoms with Gasteiger partial charge in [-0.05, 0) is 42.8 Å². The highest BCUT2D eigenvalue weighted by Crippen LogP contribution is 2.21. The maximum atomic E-state index is 5.65. The van der Waals surface area contributed by atoms with E-state index >= 15 is 0 Å². The van der Waals surface area contributed by atoms with Crippen LogP contribution in [0.25, 0.3) is 0 Å². The topological polar surface area (TPSA) is 38.5 Å². The molecule has 106 valence electrons. The van der Waals surface area contributed by atoms with Crippen LogP contribution in [0.5, 0.6) is 5.75 Å². The van der Waals surface area contributed by atoms with E-state index < -0.39 is 0 Å². The molecule has 0 aliphatic heterocycles. The molecule has 0 aromatic heterocycles. The molecule has 2 aromatic carbocycles. The molecule has 0 aliphatic carbocycles. The molecule has 0 fully saturated rings. The Balaban J connectivity index is 2.13. The Morgan fingerprint density at radius 3 is 2.30 bits per heavy atom. The molecule has 0 unspecified atom stereocenters. The van der Waals surface area contributed by atoms with Gasteiger partial charge in [0.1, 0.15) is 5.75 Å². The lowest BCUT2D eigenvalue weighted by Gasteiger charge is -2.25. The third kappa shape index (κ3) is 4.00. The smallest absolute Gasteiger partial charge is 0.119 e. The Bertz CT molecular complexity index is 496. The summed E-state index contributed by atoms with van der Waals surface area (Å²) in [6.45, 7) is 2.56. The van der Waals surface area contributed by atoms with E-state index in [1.54, 1.807) is 7.11 Å². The molecule has 0 saturated carbocycles. The number of ether oxygens (including phenoxy) is 1. The van der Waals surface area contributed by atoms with Crippen molar-refractivity contribution < 1.29 is 4.74 Å². The van der Waals surface area contributed by atoms with Crippen molar-refractivity contribution in [3.63, 3.8) is 0 Å². The standard InChI is InChI=1S/C17H22N2O/c1-20-17-10-8-16(9-11-17)19(13-5-12-18)14-15-6-3-2-4-7-15/h2-4,6-11H,5,12-14,18H2,1H3. The Labute approximate surface area is 121 Å². The van der Waals surface area contributed by atoms with Crippen LogP contribution in [0.4, 0.5) is 5.69 Å². The Morgan fingerprint density at radius 2 is 1.70 bits per heavy atom. The molecule has 0 radical (unpaired) electrons. The summed E-state index contributed by atoms with van der Waals surface area (Å²) in [7, 11) is 1.69. The maximum Gasteiger partial charge on any atom is 0.119 e. The molecule has 0 heterocycles. The molecule has 0 saturated heterocycles. The fourth-order valence-corrected chi connectivity index (χ4v) is 2.18. The largest absolute Gasteiger partial charge is 0.497 e. The number of rotatable bonds is 7. The minimum absolute atomic E-state index is 0.710. The van der Waals surface area contributed by atoms with Crippen molar-refractivity contribution in [1.82, 2.24) is 0 Å². The minimum atomic E-state index is 0.710. The zero-order valence-corrected chi connectivity index (χ0v) is 12.0. The number of benzene rings is 2. The second-order valence-corrected chi connectivity index (χ2v) is 4.75. The number of nitrogens with two attached hydrogens (primary N) is 1. The van der Waals surface area contributed by atoms with E-state index in [4.69, 9.17) is 10.5 Å². The van der Waals surface area contributed by atoms with Crippen molar-refractivity contribution >= 4 is 5.69 Å². The lowest BCUT2D eigenvalue weighted by molar-refractivity contribution is 0.415. The highest BCUT2D eigenvalue weighted by atomic mass is 16.5. The molecule has 2 aromatic rings. The van der Waals surface area contributed by atoms with E-state index in [-0.39, 0.29) is 0 Å². The van der Waals surface area contributed by atoms with E-state index in [1.165, 1.54) is 11.3 Å². The van der Waals surface area contributed by atoms with E-state index in [9.17, 15) is 0 Å². The summed E-state index contributed by atoms with van der Waals surface area (Å²) in [5.41, 5.74) is 8.15. The number of methoxy groups -OCH3 is 1. The molecule has 0 aliphatic rings. The molecule has 3 nitrogen and oxygen atoms in total. The predicted octanol–water partition coefficient (Wildman–Crippen LogP) is 3.05. The first kappa shape index (κ1) is 14.4. The van der Waals surface area contributed by atoms with E-state index in [0.29, 0.717) is 6.54 Å².